The molecule has 2 heteroatoms. The third kappa shape index (κ3) is 3.90. The smallest absolute Gasteiger partial charge is 0.00751 e. The largest absolute Gasteiger partial charge is 0.327 e. The fraction of sp³-hybridized carbons (Fsp3) is 1.00. The van der Waals surface area contributed by atoms with Crippen molar-refractivity contribution in [3.05, 3.63) is 0 Å². The SMILES string of the molecule is CSCCC(N)C1CCCC(C)C1. The van der Waals surface area contributed by atoms with E-state index < -0.39 is 0 Å². The molecule has 3 atom stereocenters. The van der Waals surface area contributed by atoms with Gasteiger partial charge in [0.1, 0.15) is 0 Å². The summed E-state index contributed by atoms with van der Waals surface area (Å²) in [6, 6.07) is 0.468. The van der Waals surface area contributed by atoms with Crippen LogP contribution in [0, 0.1) is 11.8 Å². The Labute approximate surface area is 86.8 Å². The molecule has 1 rings (SSSR count). The molecule has 0 saturated heterocycles. The van der Waals surface area contributed by atoms with Crippen molar-refractivity contribution in [2.24, 2.45) is 17.6 Å². The lowest BCUT2D eigenvalue weighted by atomic mass is 9.78. The molecule has 1 nitrogen and oxygen atoms in total. The molecule has 78 valence electrons. The highest BCUT2D eigenvalue weighted by Gasteiger charge is 2.23. The van der Waals surface area contributed by atoms with E-state index in [4.69, 9.17) is 5.73 Å². The normalized spacial score (nSPS) is 31.6. The van der Waals surface area contributed by atoms with E-state index in [0.29, 0.717) is 6.04 Å². The summed E-state index contributed by atoms with van der Waals surface area (Å²) < 4.78 is 0. The lowest BCUT2D eigenvalue weighted by Gasteiger charge is -2.31. The van der Waals surface area contributed by atoms with Gasteiger partial charge in [-0.25, -0.2) is 0 Å². The lowest BCUT2D eigenvalue weighted by Crippen LogP contribution is -2.33. The highest BCUT2D eigenvalue weighted by atomic mass is 32.2. The number of rotatable bonds is 4. The van der Waals surface area contributed by atoms with Crippen molar-refractivity contribution in [1.82, 2.24) is 0 Å². The topological polar surface area (TPSA) is 26.0 Å². The minimum atomic E-state index is 0.468. The summed E-state index contributed by atoms with van der Waals surface area (Å²) in [5.74, 6) is 2.96. The second kappa shape index (κ2) is 5.92. The number of hydrogen-bond donors (Lipinski definition) is 1. The average Bonchev–Trinajstić information content (AvgIpc) is 2.14. The fourth-order valence-corrected chi connectivity index (χ4v) is 2.87. The fourth-order valence-electron chi connectivity index (χ4n) is 2.36. The van der Waals surface area contributed by atoms with Crippen LogP contribution in [0.1, 0.15) is 39.0 Å². The van der Waals surface area contributed by atoms with Gasteiger partial charge in [0.05, 0.1) is 0 Å². The summed E-state index contributed by atoms with van der Waals surface area (Å²) >= 11 is 1.91. The first kappa shape index (κ1) is 11.4. The van der Waals surface area contributed by atoms with E-state index in [1.807, 2.05) is 11.8 Å². The Balaban J connectivity index is 2.24. The molecule has 0 aromatic heterocycles. The van der Waals surface area contributed by atoms with Crippen LogP contribution in [0.25, 0.3) is 0 Å². The van der Waals surface area contributed by atoms with Crippen LogP contribution in [0.5, 0.6) is 0 Å². The molecule has 0 bridgehead atoms. The molecule has 1 saturated carbocycles. The summed E-state index contributed by atoms with van der Waals surface area (Å²) in [5.41, 5.74) is 6.18. The Morgan fingerprint density at radius 2 is 2.23 bits per heavy atom. The van der Waals surface area contributed by atoms with E-state index in [2.05, 4.69) is 13.2 Å². The minimum Gasteiger partial charge on any atom is -0.327 e. The molecule has 1 aliphatic carbocycles. The second-order valence-electron chi connectivity index (χ2n) is 4.48. The van der Waals surface area contributed by atoms with Gasteiger partial charge in [0.25, 0.3) is 0 Å². The van der Waals surface area contributed by atoms with E-state index in [1.54, 1.807) is 0 Å². The number of nitrogens with two attached hydrogens (primary N) is 1. The van der Waals surface area contributed by atoms with Crippen molar-refractivity contribution >= 4 is 11.8 Å². The summed E-state index contributed by atoms with van der Waals surface area (Å²) in [6.45, 7) is 2.37. The molecular formula is C11H23NS. The Hall–Kier alpha value is 0.310. The molecule has 0 heterocycles. The quantitative estimate of drug-likeness (QED) is 0.757. The number of hydrogen-bond acceptors (Lipinski definition) is 2. The molecular weight excluding hydrogens is 178 g/mol. The average molecular weight is 201 g/mol. The maximum Gasteiger partial charge on any atom is 0.00751 e. The van der Waals surface area contributed by atoms with Crippen LogP contribution in [0.2, 0.25) is 0 Å². The molecule has 0 aliphatic heterocycles. The van der Waals surface area contributed by atoms with E-state index in [1.165, 1.54) is 37.9 Å². The van der Waals surface area contributed by atoms with Crippen molar-refractivity contribution in [3.8, 4) is 0 Å². The van der Waals surface area contributed by atoms with Crippen molar-refractivity contribution in [3.63, 3.8) is 0 Å². The zero-order valence-corrected chi connectivity index (χ0v) is 9.78. The first-order valence-electron chi connectivity index (χ1n) is 5.48. The van der Waals surface area contributed by atoms with Gasteiger partial charge in [0, 0.05) is 6.04 Å². The van der Waals surface area contributed by atoms with E-state index in [-0.39, 0.29) is 0 Å². The molecule has 1 fully saturated rings. The first-order chi connectivity index (χ1) is 6.24. The summed E-state index contributed by atoms with van der Waals surface area (Å²) in [5, 5.41) is 0. The van der Waals surface area contributed by atoms with Crippen molar-refractivity contribution in [1.29, 1.82) is 0 Å². The standard InChI is InChI=1S/C11H23NS/c1-9-4-3-5-10(8-9)11(12)6-7-13-2/h9-11H,3-8,12H2,1-2H3. The highest BCUT2D eigenvalue weighted by molar-refractivity contribution is 7.98. The van der Waals surface area contributed by atoms with Crippen LogP contribution < -0.4 is 5.73 Å². The summed E-state index contributed by atoms with van der Waals surface area (Å²) in [4.78, 5) is 0. The van der Waals surface area contributed by atoms with Crippen LogP contribution in [0.3, 0.4) is 0 Å². The van der Waals surface area contributed by atoms with Gasteiger partial charge in [0.15, 0.2) is 0 Å². The predicted molar refractivity (Wildman–Crippen MR) is 62.1 cm³/mol. The Kier molecular flexibility index (Phi) is 5.18. The van der Waals surface area contributed by atoms with Crippen LogP contribution in [-0.4, -0.2) is 18.1 Å². The summed E-state index contributed by atoms with van der Waals surface area (Å²) in [7, 11) is 0. The van der Waals surface area contributed by atoms with E-state index in [9.17, 15) is 0 Å². The van der Waals surface area contributed by atoms with Gasteiger partial charge in [-0.1, -0.05) is 19.8 Å². The molecule has 0 aromatic rings. The Morgan fingerprint density at radius 3 is 2.85 bits per heavy atom. The van der Waals surface area contributed by atoms with Gasteiger partial charge in [-0.15, -0.1) is 0 Å². The second-order valence-corrected chi connectivity index (χ2v) is 5.46. The summed E-state index contributed by atoms with van der Waals surface area (Å²) in [6.07, 6.45) is 8.94. The van der Waals surface area contributed by atoms with Crippen LogP contribution >= 0.6 is 11.8 Å². The Morgan fingerprint density at radius 1 is 1.46 bits per heavy atom. The minimum absolute atomic E-state index is 0.468. The van der Waals surface area contributed by atoms with Gasteiger partial charge in [0.2, 0.25) is 0 Å². The maximum absolute atomic E-state index is 6.18. The van der Waals surface area contributed by atoms with Crippen molar-refractivity contribution in [2.75, 3.05) is 12.0 Å². The molecule has 3 unspecified atom stereocenters. The monoisotopic (exact) mass is 201 g/mol. The zero-order chi connectivity index (χ0) is 9.68. The van der Waals surface area contributed by atoms with Gasteiger partial charge in [-0.2, -0.15) is 11.8 Å². The van der Waals surface area contributed by atoms with Crippen molar-refractivity contribution in [2.45, 2.75) is 45.1 Å². The third-order valence-corrected chi connectivity index (χ3v) is 3.88. The molecule has 0 amide bonds. The van der Waals surface area contributed by atoms with Gasteiger partial charge >= 0.3 is 0 Å². The van der Waals surface area contributed by atoms with Gasteiger partial charge in [-0.3, -0.25) is 0 Å². The first-order valence-corrected chi connectivity index (χ1v) is 6.88. The van der Waals surface area contributed by atoms with Crippen LogP contribution in [0.15, 0.2) is 0 Å². The molecule has 2 N–H and O–H groups in total. The number of thioether (sulfide) groups is 1. The molecule has 0 spiro atoms. The highest BCUT2D eigenvalue weighted by Crippen LogP contribution is 2.31. The predicted octanol–water partition coefficient (Wildman–Crippen LogP) is 2.89. The zero-order valence-electron chi connectivity index (χ0n) is 8.96. The van der Waals surface area contributed by atoms with E-state index in [0.717, 1.165) is 11.8 Å². The molecule has 0 aromatic carbocycles. The lowest BCUT2D eigenvalue weighted by molar-refractivity contribution is 0.244. The molecule has 1 aliphatic rings. The van der Waals surface area contributed by atoms with Gasteiger partial charge in [-0.05, 0) is 43.1 Å². The van der Waals surface area contributed by atoms with Crippen molar-refractivity contribution < 1.29 is 0 Å². The Bertz CT molecular complexity index is 138. The maximum atomic E-state index is 6.18. The molecule has 13 heavy (non-hydrogen) atoms. The van der Waals surface area contributed by atoms with Crippen LogP contribution in [0.4, 0.5) is 0 Å². The van der Waals surface area contributed by atoms with Gasteiger partial charge < -0.3 is 5.73 Å². The molecule has 0 radical (unpaired) electrons. The third-order valence-electron chi connectivity index (χ3n) is 3.24. The van der Waals surface area contributed by atoms with Crippen LogP contribution in [-0.2, 0) is 0 Å². The van der Waals surface area contributed by atoms with E-state index >= 15 is 0 Å².